The summed E-state index contributed by atoms with van der Waals surface area (Å²) in [6.07, 6.45) is -6.34. The van der Waals surface area contributed by atoms with Crippen LogP contribution >= 0.6 is 0 Å². The Morgan fingerprint density at radius 1 is 1.67 bits per heavy atom. The first-order chi connectivity index (χ1) is 5.41. The van der Waals surface area contributed by atoms with Gasteiger partial charge >= 0.3 is 18.2 Å². The first-order valence-corrected chi connectivity index (χ1v) is 2.71. The fourth-order valence-electron chi connectivity index (χ4n) is 0.531. The summed E-state index contributed by atoms with van der Waals surface area (Å²) in [4.78, 5) is 16.7. The fraction of sp³-hybridized carbons (Fsp3) is 0.500. The third kappa shape index (κ3) is 1.57. The van der Waals surface area contributed by atoms with E-state index < -0.39 is 24.8 Å². The number of alkyl halides is 3. The number of halogens is 3. The number of amides is 1. The monoisotopic (exact) mass is 184 g/mol. The van der Waals surface area contributed by atoms with Crippen molar-refractivity contribution in [3.8, 4) is 0 Å². The molecule has 0 atom stereocenters. The zero-order valence-electron chi connectivity index (χ0n) is 5.50. The van der Waals surface area contributed by atoms with Crippen LogP contribution in [0.15, 0.2) is 4.99 Å². The summed E-state index contributed by atoms with van der Waals surface area (Å²) in [5, 5.41) is 8.24. The molecule has 1 aliphatic rings. The third-order valence-electron chi connectivity index (χ3n) is 0.995. The van der Waals surface area contributed by atoms with Crippen LogP contribution in [0.25, 0.3) is 0 Å². The van der Waals surface area contributed by atoms with E-state index >= 15 is 0 Å². The quantitative estimate of drug-likeness (QED) is 0.606. The molecule has 1 heterocycles. The summed E-state index contributed by atoms with van der Waals surface area (Å²) in [6, 6.07) is 0. The van der Waals surface area contributed by atoms with Crippen molar-refractivity contribution in [2.45, 2.75) is 6.18 Å². The van der Waals surface area contributed by atoms with E-state index in [2.05, 4.69) is 9.83 Å². The number of hydrogen-bond donors (Lipinski definition) is 1. The van der Waals surface area contributed by atoms with E-state index in [9.17, 15) is 18.0 Å². The number of aliphatic imine (C=N–C) groups is 1. The molecule has 68 valence electrons. The largest absolute Gasteiger partial charge is 0.471 e. The van der Waals surface area contributed by atoms with Crippen molar-refractivity contribution >= 4 is 12.0 Å². The summed E-state index contributed by atoms with van der Waals surface area (Å²) in [5.41, 5.74) is 0. The van der Waals surface area contributed by atoms with Gasteiger partial charge in [-0.25, -0.2) is 9.79 Å². The van der Waals surface area contributed by atoms with Crippen molar-refractivity contribution < 1.29 is 27.9 Å². The van der Waals surface area contributed by atoms with E-state index in [1.165, 1.54) is 0 Å². The van der Waals surface area contributed by atoms with Crippen LogP contribution in [-0.2, 0) is 4.84 Å². The van der Waals surface area contributed by atoms with Crippen LogP contribution in [0.5, 0.6) is 0 Å². The van der Waals surface area contributed by atoms with E-state index in [1.807, 2.05) is 0 Å². The van der Waals surface area contributed by atoms with E-state index in [0.29, 0.717) is 0 Å². The van der Waals surface area contributed by atoms with Crippen LogP contribution in [0.1, 0.15) is 0 Å². The molecule has 0 fully saturated rings. The van der Waals surface area contributed by atoms with Crippen molar-refractivity contribution in [3.63, 3.8) is 0 Å². The van der Waals surface area contributed by atoms with Gasteiger partial charge in [-0.1, -0.05) is 0 Å². The van der Waals surface area contributed by atoms with Gasteiger partial charge in [0.1, 0.15) is 0 Å². The lowest BCUT2D eigenvalue weighted by Crippen LogP contribution is -2.31. The van der Waals surface area contributed by atoms with Gasteiger partial charge in [-0.2, -0.15) is 13.2 Å². The molecular formula is C4H3F3N2O3. The van der Waals surface area contributed by atoms with Crippen molar-refractivity contribution in [1.29, 1.82) is 0 Å². The Labute approximate surface area is 64.0 Å². The van der Waals surface area contributed by atoms with Crippen molar-refractivity contribution in [2.24, 2.45) is 4.99 Å². The van der Waals surface area contributed by atoms with Crippen LogP contribution in [0.2, 0.25) is 0 Å². The second kappa shape index (κ2) is 2.54. The number of carbonyl (C=O) groups is 1. The zero-order chi connectivity index (χ0) is 9.35. The van der Waals surface area contributed by atoms with Crippen LogP contribution in [0.4, 0.5) is 18.0 Å². The second-order valence-corrected chi connectivity index (χ2v) is 1.85. The Balaban J connectivity index is 2.61. The van der Waals surface area contributed by atoms with Gasteiger partial charge in [0.25, 0.3) is 0 Å². The molecule has 12 heavy (non-hydrogen) atoms. The number of hydrogen-bond acceptors (Lipinski definition) is 3. The highest BCUT2D eigenvalue weighted by atomic mass is 19.4. The summed E-state index contributed by atoms with van der Waals surface area (Å²) in [6.45, 7) is -0.649. The molecule has 0 aromatic heterocycles. The zero-order valence-corrected chi connectivity index (χ0v) is 5.50. The maximum absolute atomic E-state index is 11.7. The Bertz CT molecular complexity index is 236. The number of rotatable bonds is 0. The van der Waals surface area contributed by atoms with Crippen LogP contribution in [-0.4, -0.2) is 35.0 Å². The number of hydroxylamine groups is 2. The van der Waals surface area contributed by atoms with Crippen molar-refractivity contribution in [1.82, 2.24) is 5.06 Å². The molecule has 0 saturated carbocycles. The molecule has 1 aliphatic heterocycles. The smallest absolute Gasteiger partial charge is 0.463 e. The van der Waals surface area contributed by atoms with E-state index in [-0.39, 0.29) is 5.06 Å². The topological polar surface area (TPSA) is 62.1 Å². The molecule has 8 heteroatoms. The normalized spacial score (nSPS) is 17.2. The van der Waals surface area contributed by atoms with Crippen LogP contribution in [0.3, 0.4) is 0 Å². The molecule has 5 nitrogen and oxygen atoms in total. The lowest BCUT2D eigenvalue weighted by Gasteiger charge is -2.10. The van der Waals surface area contributed by atoms with E-state index in [4.69, 9.17) is 5.11 Å². The van der Waals surface area contributed by atoms with Crippen LogP contribution in [0, 0.1) is 0 Å². The predicted molar refractivity (Wildman–Crippen MR) is 29.3 cm³/mol. The highest BCUT2D eigenvalue weighted by Gasteiger charge is 2.43. The van der Waals surface area contributed by atoms with E-state index in [0.717, 1.165) is 0 Å². The number of carboxylic acid groups (broad SMARTS) is 1. The van der Waals surface area contributed by atoms with Gasteiger partial charge in [0.15, 0.2) is 6.67 Å². The lowest BCUT2D eigenvalue weighted by molar-refractivity contribution is -0.108. The van der Waals surface area contributed by atoms with Gasteiger partial charge < -0.3 is 9.94 Å². The first kappa shape index (κ1) is 8.62. The van der Waals surface area contributed by atoms with Gasteiger partial charge in [-0.3, -0.25) is 0 Å². The molecule has 0 unspecified atom stereocenters. The highest BCUT2D eigenvalue weighted by molar-refractivity contribution is 5.84. The van der Waals surface area contributed by atoms with Crippen molar-refractivity contribution in [3.05, 3.63) is 0 Å². The summed E-state index contributed by atoms with van der Waals surface area (Å²) in [7, 11) is 0. The summed E-state index contributed by atoms with van der Waals surface area (Å²) < 4.78 is 35.2. The van der Waals surface area contributed by atoms with Gasteiger partial charge in [0.2, 0.25) is 0 Å². The molecule has 1 N–H and O–H groups in total. The third-order valence-corrected chi connectivity index (χ3v) is 0.995. The lowest BCUT2D eigenvalue weighted by atomic mass is 10.6. The molecule has 0 spiro atoms. The SMILES string of the molecule is O=C(O)N1CN=C(C(F)(F)F)O1. The van der Waals surface area contributed by atoms with Gasteiger partial charge in [0.05, 0.1) is 0 Å². The molecule has 0 aliphatic carbocycles. The minimum Gasteiger partial charge on any atom is -0.463 e. The highest BCUT2D eigenvalue weighted by Crippen LogP contribution is 2.22. The molecule has 0 saturated heterocycles. The molecule has 0 bridgehead atoms. The predicted octanol–water partition coefficient (Wildman–Crippen LogP) is 0.830. The average Bonchev–Trinajstić information content (AvgIpc) is 2.30. The molecule has 0 radical (unpaired) electrons. The Kier molecular flexibility index (Phi) is 1.82. The Morgan fingerprint density at radius 3 is 2.50 bits per heavy atom. The number of nitrogens with zero attached hydrogens (tertiary/aromatic N) is 2. The molecule has 1 amide bonds. The minimum absolute atomic E-state index is 0.0861. The Hall–Kier alpha value is -1.47. The molecular weight excluding hydrogens is 181 g/mol. The molecule has 0 aromatic carbocycles. The van der Waals surface area contributed by atoms with Crippen LogP contribution < -0.4 is 0 Å². The maximum atomic E-state index is 11.7. The second-order valence-electron chi connectivity index (χ2n) is 1.85. The molecule has 0 aromatic rings. The standard InChI is InChI=1S/C4H3F3N2O3/c5-4(6,7)2-8-1-9(12-2)3(10)11/h1H2,(H,10,11). The van der Waals surface area contributed by atoms with Gasteiger partial charge in [0, 0.05) is 0 Å². The summed E-state index contributed by atoms with van der Waals surface area (Å²) >= 11 is 0. The fourth-order valence-corrected chi connectivity index (χ4v) is 0.531. The van der Waals surface area contributed by atoms with Gasteiger partial charge in [-0.05, 0) is 0 Å². The van der Waals surface area contributed by atoms with E-state index in [1.54, 1.807) is 0 Å². The first-order valence-electron chi connectivity index (χ1n) is 2.71. The Morgan fingerprint density at radius 2 is 2.25 bits per heavy atom. The minimum atomic E-state index is -4.73. The summed E-state index contributed by atoms with van der Waals surface area (Å²) in [5.74, 6) is -1.54. The van der Waals surface area contributed by atoms with Gasteiger partial charge in [-0.15, -0.1) is 5.06 Å². The average molecular weight is 184 g/mol. The molecule has 1 rings (SSSR count). The maximum Gasteiger partial charge on any atom is 0.471 e. The van der Waals surface area contributed by atoms with Crippen molar-refractivity contribution in [2.75, 3.05) is 6.67 Å².